The SMILES string of the molecule is C=C(C)C(=O)OOC(C)(C)C.O=C(O)O. The van der Waals surface area contributed by atoms with Crippen LogP contribution in [0.4, 0.5) is 4.79 Å². The fraction of sp³-hybridized carbons (Fsp3) is 0.556. The molecule has 0 aliphatic rings. The Kier molecular flexibility index (Phi) is 7.24. The lowest BCUT2D eigenvalue weighted by Crippen LogP contribution is -2.21. The molecule has 88 valence electrons. The first-order valence-corrected chi connectivity index (χ1v) is 4.03. The maximum atomic E-state index is 10.7. The summed E-state index contributed by atoms with van der Waals surface area (Å²) >= 11 is 0. The Morgan fingerprint density at radius 1 is 1.20 bits per heavy atom. The molecule has 0 aromatic carbocycles. The van der Waals surface area contributed by atoms with E-state index in [4.69, 9.17) is 19.9 Å². The van der Waals surface area contributed by atoms with Crippen LogP contribution in [-0.2, 0) is 14.6 Å². The number of carboxylic acid groups (broad SMARTS) is 2. The second-order valence-electron chi connectivity index (χ2n) is 3.63. The van der Waals surface area contributed by atoms with E-state index in [9.17, 15) is 4.79 Å². The van der Waals surface area contributed by atoms with Crippen LogP contribution in [0.5, 0.6) is 0 Å². The first-order chi connectivity index (χ1) is 6.56. The number of hydrogen-bond acceptors (Lipinski definition) is 4. The summed E-state index contributed by atoms with van der Waals surface area (Å²) in [5.74, 6) is -0.528. The van der Waals surface area contributed by atoms with Crippen molar-refractivity contribution in [3.63, 3.8) is 0 Å². The summed E-state index contributed by atoms with van der Waals surface area (Å²) in [5, 5.41) is 13.9. The molecule has 0 heterocycles. The Morgan fingerprint density at radius 3 is 1.73 bits per heavy atom. The molecule has 0 aromatic heterocycles. The van der Waals surface area contributed by atoms with Crippen molar-refractivity contribution in [1.82, 2.24) is 0 Å². The van der Waals surface area contributed by atoms with Gasteiger partial charge in [0.1, 0.15) is 5.60 Å². The van der Waals surface area contributed by atoms with Crippen LogP contribution in [0.25, 0.3) is 0 Å². The van der Waals surface area contributed by atoms with Crippen LogP contribution in [0.15, 0.2) is 12.2 Å². The van der Waals surface area contributed by atoms with Gasteiger partial charge in [0, 0.05) is 5.57 Å². The van der Waals surface area contributed by atoms with E-state index in [0.29, 0.717) is 5.57 Å². The van der Waals surface area contributed by atoms with Crippen molar-refractivity contribution in [3.05, 3.63) is 12.2 Å². The van der Waals surface area contributed by atoms with Gasteiger partial charge in [-0.2, -0.15) is 4.89 Å². The van der Waals surface area contributed by atoms with Crippen molar-refractivity contribution >= 4 is 12.1 Å². The molecule has 0 amide bonds. The monoisotopic (exact) mass is 220 g/mol. The Morgan fingerprint density at radius 2 is 1.53 bits per heavy atom. The number of hydrogen-bond donors (Lipinski definition) is 2. The summed E-state index contributed by atoms with van der Waals surface area (Å²) < 4.78 is 0. The van der Waals surface area contributed by atoms with Crippen LogP contribution in [0.1, 0.15) is 27.7 Å². The van der Waals surface area contributed by atoms with Gasteiger partial charge in [-0.05, 0) is 27.7 Å². The number of rotatable bonds is 2. The molecule has 0 atom stereocenters. The van der Waals surface area contributed by atoms with Gasteiger partial charge in [-0.3, -0.25) is 4.89 Å². The molecule has 0 bridgehead atoms. The minimum atomic E-state index is -1.83. The predicted octanol–water partition coefficient (Wildman–Crippen LogP) is 2.06. The largest absolute Gasteiger partial charge is 0.503 e. The molecule has 0 saturated carbocycles. The van der Waals surface area contributed by atoms with Gasteiger partial charge in [0.25, 0.3) is 0 Å². The standard InChI is InChI=1S/C8H14O3.CH2O3/c1-6(2)7(9)10-11-8(3,4)5;2-1(3)4/h1H2,2-5H3;(H2,2,3,4). The Bertz CT molecular complexity index is 233. The van der Waals surface area contributed by atoms with Gasteiger partial charge in [-0.1, -0.05) is 6.58 Å². The van der Waals surface area contributed by atoms with Crippen LogP contribution in [-0.4, -0.2) is 27.9 Å². The average Bonchev–Trinajstić information content (AvgIpc) is 1.97. The Balaban J connectivity index is 0. The second-order valence-corrected chi connectivity index (χ2v) is 3.63. The normalized spacial score (nSPS) is 9.60. The molecule has 6 heteroatoms. The van der Waals surface area contributed by atoms with E-state index < -0.39 is 17.7 Å². The quantitative estimate of drug-likeness (QED) is 0.420. The van der Waals surface area contributed by atoms with Gasteiger partial charge in [0.15, 0.2) is 0 Å². The van der Waals surface area contributed by atoms with E-state index in [1.165, 1.54) is 0 Å². The van der Waals surface area contributed by atoms with E-state index in [1.807, 2.05) is 0 Å². The highest BCUT2D eigenvalue weighted by molar-refractivity contribution is 5.86. The van der Waals surface area contributed by atoms with Crippen molar-refractivity contribution in [2.24, 2.45) is 0 Å². The summed E-state index contributed by atoms with van der Waals surface area (Å²) in [6.07, 6.45) is -1.83. The maximum Gasteiger partial charge on any atom is 0.503 e. The van der Waals surface area contributed by atoms with E-state index in [0.717, 1.165) is 0 Å². The fourth-order valence-corrected chi connectivity index (χ4v) is 0.234. The molecular formula is C9H16O6. The highest BCUT2D eigenvalue weighted by atomic mass is 17.2. The molecule has 2 N–H and O–H groups in total. The Labute approximate surface area is 88.0 Å². The fourth-order valence-electron chi connectivity index (χ4n) is 0.234. The van der Waals surface area contributed by atoms with Crippen molar-refractivity contribution in [3.8, 4) is 0 Å². The summed E-state index contributed by atoms with van der Waals surface area (Å²) in [6.45, 7) is 10.3. The van der Waals surface area contributed by atoms with Crippen molar-refractivity contribution in [2.75, 3.05) is 0 Å². The second kappa shape index (κ2) is 6.83. The summed E-state index contributed by atoms with van der Waals surface area (Å²) in [5.41, 5.74) is -0.139. The lowest BCUT2D eigenvalue weighted by molar-refractivity contribution is -0.317. The van der Waals surface area contributed by atoms with Crippen LogP contribution in [0.2, 0.25) is 0 Å². The molecule has 0 aliphatic heterocycles. The van der Waals surface area contributed by atoms with Crippen LogP contribution < -0.4 is 0 Å². The summed E-state index contributed by atoms with van der Waals surface area (Å²) in [7, 11) is 0. The maximum absolute atomic E-state index is 10.7. The van der Waals surface area contributed by atoms with Crippen LogP contribution in [0.3, 0.4) is 0 Å². The van der Waals surface area contributed by atoms with Crippen molar-refractivity contribution < 1.29 is 29.6 Å². The van der Waals surface area contributed by atoms with E-state index >= 15 is 0 Å². The molecule has 15 heavy (non-hydrogen) atoms. The van der Waals surface area contributed by atoms with E-state index in [1.54, 1.807) is 27.7 Å². The third-order valence-electron chi connectivity index (χ3n) is 0.716. The highest BCUT2D eigenvalue weighted by Gasteiger charge is 2.15. The van der Waals surface area contributed by atoms with Gasteiger partial charge >= 0.3 is 12.1 Å². The molecule has 0 unspecified atom stereocenters. The van der Waals surface area contributed by atoms with Gasteiger partial charge < -0.3 is 10.2 Å². The topological polar surface area (TPSA) is 93.1 Å². The van der Waals surface area contributed by atoms with Gasteiger partial charge in [0.05, 0.1) is 0 Å². The van der Waals surface area contributed by atoms with E-state index in [2.05, 4.69) is 11.5 Å². The molecule has 0 radical (unpaired) electrons. The molecule has 0 spiro atoms. The summed E-state index contributed by atoms with van der Waals surface area (Å²) in [4.78, 5) is 28.5. The minimum Gasteiger partial charge on any atom is -0.450 e. The zero-order valence-corrected chi connectivity index (χ0v) is 9.23. The first kappa shape index (κ1) is 15.9. The van der Waals surface area contributed by atoms with E-state index in [-0.39, 0.29) is 0 Å². The van der Waals surface area contributed by atoms with Gasteiger partial charge in [-0.15, -0.1) is 0 Å². The Hall–Kier alpha value is -1.56. The van der Waals surface area contributed by atoms with Crippen LogP contribution in [0, 0.1) is 0 Å². The van der Waals surface area contributed by atoms with Crippen molar-refractivity contribution in [2.45, 2.75) is 33.3 Å². The molecule has 6 nitrogen and oxygen atoms in total. The third-order valence-corrected chi connectivity index (χ3v) is 0.716. The number of carbonyl (C=O) groups is 2. The predicted molar refractivity (Wildman–Crippen MR) is 52.4 cm³/mol. The van der Waals surface area contributed by atoms with Gasteiger partial charge in [0.2, 0.25) is 0 Å². The number of carbonyl (C=O) groups excluding carboxylic acids is 1. The van der Waals surface area contributed by atoms with Crippen molar-refractivity contribution in [1.29, 1.82) is 0 Å². The molecule has 0 fully saturated rings. The molecule has 0 aromatic rings. The first-order valence-electron chi connectivity index (χ1n) is 4.03. The lowest BCUT2D eigenvalue weighted by Gasteiger charge is -2.16. The lowest BCUT2D eigenvalue weighted by atomic mass is 10.2. The zero-order chi connectivity index (χ0) is 12.6. The molecule has 0 saturated heterocycles. The molecule has 0 rings (SSSR count). The zero-order valence-electron chi connectivity index (χ0n) is 9.23. The molecular weight excluding hydrogens is 204 g/mol. The minimum absolute atomic E-state index is 0.328. The summed E-state index contributed by atoms with van der Waals surface area (Å²) in [6, 6.07) is 0. The third kappa shape index (κ3) is 19.0. The van der Waals surface area contributed by atoms with Crippen LogP contribution >= 0.6 is 0 Å². The average molecular weight is 220 g/mol. The highest BCUT2D eigenvalue weighted by Crippen LogP contribution is 2.08. The molecule has 0 aliphatic carbocycles. The van der Waals surface area contributed by atoms with Gasteiger partial charge in [-0.25, -0.2) is 9.59 Å². The smallest absolute Gasteiger partial charge is 0.450 e.